The zero-order valence-electron chi connectivity index (χ0n) is 39.9. The zero-order chi connectivity index (χ0) is 48.4. The summed E-state index contributed by atoms with van der Waals surface area (Å²) in [5.74, 6) is 1.32. The van der Waals surface area contributed by atoms with Gasteiger partial charge in [-0.15, -0.1) is 0 Å². The van der Waals surface area contributed by atoms with Crippen molar-refractivity contribution in [2.45, 2.75) is 115 Å². The second-order valence-electron chi connectivity index (χ2n) is 18.7. The summed E-state index contributed by atoms with van der Waals surface area (Å²) in [6.07, 6.45) is 8.02. The molecule has 3 atom stereocenters. The number of fused-ring (bicyclic) bond motifs is 8. The van der Waals surface area contributed by atoms with Crippen LogP contribution in [-0.2, 0) is 35.6 Å². The molecule has 0 aliphatic carbocycles. The van der Waals surface area contributed by atoms with Gasteiger partial charge in [0.2, 0.25) is 5.91 Å². The third-order valence-corrected chi connectivity index (χ3v) is 17.0. The molecule has 12 nitrogen and oxygen atoms in total. The number of hydrogen-bond acceptors (Lipinski definition) is 11. The Kier molecular flexibility index (Phi) is 14.0. The summed E-state index contributed by atoms with van der Waals surface area (Å²) in [7, 11) is 5.07. The zero-order valence-corrected chi connectivity index (χ0v) is 41.5. The molecule has 4 aliphatic heterocycles. The molecule has 14 heteroatoms. The second-order valence-corrected chi connectivity index (χ2v) is 22.1. The third-order valence-electron chi connectivity index (χ3n) is 13.0. The molecule has 5 aromatic rings. The standard InChI is InChI=1S/C55H57N5O7S2/c1-7-42(61)17-16-34(3)68-69-55(4,5)19-18-52(62)58-39-22-35(31-66-49-27-45-43(20-33(49)2)53(63)59-40(29-56-45)24-37-12-8-10-14-47(37)59)21-36(23-39)32-67-51-28-46-44(26-50(51)65-6)54(64)60-41(30-57-46)25-38-13-9-11-15-48(38)60/h8-15,20-23,26-30,34,40-41H,7,16-19,24-25,31-32H2,1-6H3,(H,58,62)/t34?,40-,41-/m0/s1. The molecular weight excluding hydrogens is 907 g/mol. The van der Waals surface area contributed by atoms with E-state index in [2.05, 4.69) is 32.2 Å². The fourth-order valence-electron chi connectivity index (χ4n) is 9.19. The molecular formula is C55H57N5O7S2. The topological polar surface area (TPSA) is 139 Å². The van der Waals surface area contributed by atoms with Crippen molar-refractivity contribution < 1.29 is 33.4 Å². The maximum absolute atomic E-state index is 14.1. The number of methoxy groups -OCH3 is 1. The fraction of sp³-hybridized carbons (Fsp3) is 0.345. The maximum Gasteiger partial charge on any atom is 0.261 e. The predicted molar refractivity (Wildman–Crippen MR) is 278 cm³/mol. The van der Waals surface area contributed by atoms with Gasteiger partial charge in [-0.1, -0.05) is 71.8 Å². The monoisotopic (exact) mass is 963 g/mol. The number of amides is 3. The van der Waals surface area contributed by atoms with E-state index < -0.39 is 0 Å². The highest BCUT2D eigenvalue weighted by atomic mass is 33.1. The molecule has 0 aromatic heterocycles. The SMILES string of the molecule is CCC(=O)CCC(C)SSC(C)(C)CCC(=O)Nc1cc(COc2cc3c(cc2C)C(=O)N2c4ccccc4C[C@H]2C=N3)cc(COc2cc3c(cc2OC)C(=O)N2c4ccccc4C[C@H]2C=N3)c1. The van der Waals surface area contributed by atoms with Gasteiger partial charge in [-0.25, -0.2) is 0 Å². The molecule has 1 unspecified atom stereocenters. The van der Waals surface area contributed by atoms with E-state index in [0.29, 0.717) is 89.2 Å². The first-order valence-electron chi connectivity index (χ1n) is 23.6. The number of nitrogens with zero attached hydrogens (tertiary/aromatic N) is 4. The molecule has 4 heterocycles. The Labute approximate surface area is 411 Å². The smallest absolute Gasteiger partial charge is 0.261 e. The number of nitrogens with one attached hydrogen (secondary N) is 1. The van der Waals surface area contributed by atoms with Crippen LogP contribution in [0.5, 0.6) is 17.2 Å². The van der Waals surface area contributed by atoms with E-state index in [1.807, 2.05) is 104 Å². The number of aliphatic imine (C=N–C) groups is 2. The number of carbonyl (C=O) groups excluding carboxylic acids is 4. The van der Waals surface area contributed by atoms with Crippen molar-refractivity contribution >= 4 is 86.0 Å². The van der Waals surface area contributed by atoms with Crippen molar-refractivity contribution in [3.63, 3.8) is 0 Å². The molecule has 0 bridgehead atoms. The third kappa shape index (κ3) is 10.5. The van der Waals surface area contributed by atoms with Crippen molar-refractivity contribution in [1.29, 1.82) is 0 Å². The van der Waals surface area contributed by atoms with Gasteiger partial charge >= 0.3 is 0 Å². The Morgan fingerprint density at radius 3 is 1.93 bits per heavy atom. The minimum Gasteiger partial charge on any atom is -0.493 e. The Hall–Kier alpha value is -6.38. The van der Waals surface area contributed by atoms with Crippen LogP contribution in [0.3, 0.4) is 0 Å². The molecule has 5 aromatic carbocycles. The Balaban J connectivity index is 0.930. The summed E-state index contributed by atoms with van der Waals surface area (Å²) < 4.78 is 18.6. The molecule has 0 spiro atoms. The summed E-state index contributed by atoms with van der Waals surface area (Å²) in [5, 5.41) is 3.46. The number of aryl methyl sites for hydroxylation is 1. The lowest BCUT2D eigenvalue weighted by molar-refractivity contribution is -0.119. The Bertz CT molecular complexity index is 2900. The van der Waals surface area contributed by atoms with Gasteiger partial charge < -0.3 is 19.5 Å². The predicted octanol–water partition coefficient (Wildman–Crippen LogP) is 11.8. The minimum atomic E-state index is -0.197. The number of carbonyl (C=O) groups is 4. The number of hydrogen-bond donors (Lipinski definition) is 1. The van der Waals surface area contributed by atoms with E-state index in [0.717, 1.165) is 45.6 Å². The van der Waals surface area contributed by atoms with Crippen LogP contribution in [0.25, 0.3) is 0 Å². The molecule has 0 saturated heterocycles. The molecule has 0 fully saturated rings. The molecule has 1 N–H and O–H groups in total. The number of para-hydroxylation sites is 2. The van der Waals surface area contributed by atoms with Gasteiger partial charge in [-0.3, -0.25) is 39.0 Å². The molecule has 3 amide bonds. The van der Waals surface area contributed by atoms with Crippen LogP contribution >= 0.6 is 21.6 Å². The maximum atomic E-state index is 14.1. The van der Waals surface area contributed by atoms with Crippen LogP contribution in [-0.4, -0.2) is 65.1 Å². The number of anilines is 3. The number of ketones is 1. The summed E-state index contributed by atoms with van der Waals surface area (Å²) in [4.78, 5) is 66.8. The van der Waals surface area contributed by atoms with E-state index in [1.165, 1.54) is 0 Å². The van der Waals surface area contributed by atoms with E-state index in [1.54, 1.807) is 45.7 Å². The van der Waals surface area contributed by atoms with Gasteiger partial charge in [-0.2, -0.15) is 0 Å². The summed E-state index contributed by atoms with van der Waals surface area (Å²) >= 11 is 0. The highest BCUT2D eigenvalue weighted by Crippen LogP contribution is 2.44. The lowest BCUT2D eigenvalue weighted by atomic mass is 10.1. The minimum absolute atomic E-state index is 0.0915. The van der Waals surface area contributed by atoms with Crippen molar-refractivity contribution in [1.82, 2.24) is 0 Å². The van der Waals surface area contributed by atoms with Crippen molar-refractivity contribution in [3.05, 3.63) is 130 Å². The first-order chi connectivity index (χ1) is 33.3. The highest BCUT2D eigenvalue weighted by Gasteiger charge is 2.38. The number of rotatable bonds is 18. The highest BCUT2D eigenvalue weighted by molar-refractivity contribution is 8.77. The molecule has 4 aliphatic rings. The van der Waals surface area contributed by atoms with E-state index >= 15 is 0 Å². The van der Waals surface area contributed by atoms with Crippen LogP contribution in [0.4, 0.5) is 28.4 Å². The van der Waals surface area contributed by atoms with Crippen molar-refractivity contribution in [2.24, 2.45) is 9.98 Å². The van der Waals surface area contributed by atoms with Crippen LogP contribution in [0, 0.1) is 6.92 Å². The van der Waals surface area contributed by atoms with Crippen LogP contribution < -0.4 is 29.3 Å². The first-order valence-corrected chi connectivity index (χ1v) is 25.8. The van der Waals surface area contributed by atoms with Crippen LogP contribution in [0.2, 0.25) is 0 Å². The number of benzene rings is 5. The Morgan fingerprint density at radius 2 is 1.33 bits per heavy atom. The number of ether oxygens (including phenoxy) is 3. The van der Waals surface area contributed by atoms with Gasteiger partial charge in [0.25, 0.3) is 11.8 Å². The lowest BCUT2D eigenvalue weighted by Gasteiger charge is -2.24. The number of Topliss-reactive ketones (excluding diaryl/α,β-unsaturated/α-hetero) is 1. The van der Waals surface area contributed by atoms with Crippen molar-refractivity contribution in [2.75, 3.05) is 22.2 Å². The Morgan fingerprint density at radius 1 is 0.768 bits per heavy atom. The van der Waals surface area contributed by atoms with Gasteiger partial charge in [0.05, 0.1) is 41.7 Å². The molecule has 0 saturated carbocycles. The summed E-state index contributed by atoms with van der Waals surface area (Å²) in [6, 6.07) is 28.4. The van der Waals surface area contributed by atoms with Crippen molar-refractivity contribution in [3.8, 4) is 17.2 Å². The normalized spacial score (nSPS) is 16.9. The van der Waals surface area contributed by atoms with Gasteiger partial charge in [0.15, 0.2) is 11.5 Å². The van der Waals surface area contributed by atoms with Crippen LogP contribution in [0.1, 0.15) is 108 Å². The molecule has 9 rings (SSSR count). The van der Waals surface area contributed by atoms with Gasteiger partial charge in [-0.05, 0) is 104 Å². The molecule has 0 radical (unpaired) electrons. The van der Waals surface area contributed by atoms with E-state index in [9.17, 15) is 19.2 Å². The lowest BCUT2D eigenvalue weighted by Crippen LogP contribution is -2.37. The largest absolute Gasteiger partial charge is 0.493 e. The van der Waals surface area contributed by atoms with E-state index in [-0.39, 0.29) is 53.5 Å². The van der Waals surface area contributed by atoms with Gasteiger partial charge in [0, 0.05) is 83.7 Å². The van der Waals surface area contributed by atoms with E-state index in [4.69, 9.17) is 24.2 Å². The average Bonchev–Trinajstić information content (AvgIpc) is 3.84. The second kappa shape index (κ2) is 20.3. The average molecular weight is 964 g/mol. The van der Waals surface area contributed by atoms with Crippen LogP contribution in [0.15, 0.2) is 101 Å². The van der Waals surface area contributed by atoms with Gasteiger partial charge in [0.1, 0.15) is 24.7 Å². The molecule has 69 heavy (non-hydrogen) atoms. The summed E-state index contributed by atoms with van der Waals surface area (Å²) in [5.41, 5.74) is 8.94. The molecule has 356 valence electrons. The first kappa shape index (κ1) is 47.7. The summed E-state index contributed by atoms with van der Waals surface area (Å²) in [6.45, 7) is 10.5. The fourth-order valence-corrected chi connectivity index (χ4v) is 11.8. The quantitative estimate of drug-likeness (QED) is 0.0850.